The minimum absolute atomic E-state index is 0.00843. The Labute approximate surface area is 809 Å². The van der Waals surface area contributed by atoms with Gasteiger partial charge in [-0.1, -0.05) is 137 Å². The monoisotopic (exact) mass is 1930 g/mol. The fraction of sp³-hybridized carbons (Fsp3) is 0.0180. The lowest BCUT2D eigenvalue weighted by Gasteiger charge is -2.05. The van der Waals surface area contributed by atoms with Crippen LogP contribution in [0.3, 0.4) is 0 Å². The molecule has 14 aromatic carbocycles. The molecule has 0 saturated carbocycles. The number of fused-ring (bicyclic) bond motifs is 7. The summed E-state index contributed by atoms with van der Waals surface area (Å²) in [5.74, 6) is 4.39. The lowest BCUT2D eigenvalue weighted by atomic mass is 10.1. The van der Waals surface area contributed by atoms with Crippen LogP contribution in [-0.2, 0) is 0 Å². The van der Waals surface area contributed by atoms with Crippen molar-refractivity contribution < 1.29 is 91.3 Å². The summed E-state index contributed by atoms with van der Waals surface area (Å²) in [6.45, 7) is 1.87. The van der Waals surface area contributed by atoms with E-state index >= 15 is 0 Å². The van der Waals surface area contributed by atoms with E-state index in [1.807, 2.05) is 43.3 Å². The highest BCUT2D eigenvalue weighted by atomic mass is 79.9. The smallest absolute Gasteiger partial charge is 0.270 e. The van der Waals surface area contributed by atoms with Crippen LogP contribution in [-0.4, -0.2) is 67.5 Å². The number of benzene rings is 14. The number of phenolic OH excluding ortho intramolecular Hbond substituents is 1. The van der Waals surface area contributed by atoms with Gasteiger partial charge in [-0.2, -0.15) is 21.0 Å². The topological polar surface area (TPSA) is 438 Å². The Morgan fingerprint density at radius 3 is 0.965 bits per heavy atom. The molecule has 0 aromatic heterocycles. The number of phenols is 1. The average molecular weight is 1930 g/mol. The van der Waals surface area contributed by atoms with Gasteiger partial charge in [-0.3, -0.25) is 63.9 Å². The number of allylic oxidation sites excluding steroid dienone is 7. The SMILES string of the molecule is COc1cc(C)cc2c1C(=O)/C(=C/c1cccc([N+](=O)[O-])c1)O2.N#Cc1ccc(/C=C2\Oc3cc(O)ccc3C2=O)cc1.N#Cc1ccc(/C=C2\Oc3ccc(Br)cc3C2=O)cc1.N#Cc1ccc(/C=C2\Oc3ccccc3C2=O)cc1.N#Cc1cccc(/C=C2\Oc3ccccc3C2=O)c1.O=C1/C(=C/c2ccc([N+](=O)[O-])cc2)Oc2ccccc21.O=C1/C(=C/c2cccc([N+](=O)[O-])c2)Oc2ccccc21. The minimum atomic E-state index is -0.486. The molecule has 141 heavy (non-hydrogen) atoms. The number of nitriles is 4. The van der Waals surface area contributed by atoms with Crippen molar-refractivity contribution in [3.05, 3.63) is 496 Å². The second-order valence-corrected chi connectivity index (χ2v) is 31.6. The first-order chi connectivity index (χ1) is 68.2. The Morgan fingerprint density at radius 1 is 0.291 bits per heavy atom. The van der Waals surface area contributed by atoms with Crippen molar-refractivity contribution in [2.45, 2.75) is 6.92 Å². The van der Waals surface area contributed by atoms with Crippen molar-refractivity contribution in [2.24, 2.45) is 0 Å². The number of aromatic hydroxyl groups is 1. The number of rotatable bonds is 11. The summed E-state index contributed by atoms with van der Waals surface area (Å²) >= 11 is 3.34. The maximum Gasteiger partial charge on any atom is 0.270 e. The Balaban J connectivity index is 0.000000124. The molecule has 0 unspecified atom stereocenters. The number of halogens is 1. The summed E-state index contributed by atoms with van der Waals surface area (Å²) in [4.78, 5) is 116. The predicted molar refractivity (Wildman–Crippen MR) is 520 cm³/mol. The molecule has 0 aliphatic carbocycles. The van der Waals surface area contributed by atoms with Gasteiger partial charge >= 0.3 is 0 Å². The number of ether oxygens (including phenoxy) is 8. The maximum absolute atomic E-state index is 12.5. The molecule has 0 bridgehead atoms. The molecule has 0 fully saturated rings. The maximum atomic E-state index is 12.5. The number of ketones is 7. The molecule has 0 saturated heterocycles. The van der Waals surface area contributed by atoms with Crippen molar-refractivity contribution in [1.82, 2.24) is 0 Å². The van der Waals surface area contributed by atoms with E-state index in [-0.39, 0.29) is 92.1 Å². The highest BCUT2D eigenvalue weighted by Gasteiger charge is 2.35. The van der Waals surface area contributed by atoms with Crippen LogP contribution in [0.15, 0.2) is 360 Å². The van der Waals surface area contributed by atoms with E-state index in [0.29, 0.717) is 135 Å². The molecule has 29 nitrogen and oxygen atoms in total. The number of nitro benzene ring substituents is 3. The molecule has 7 aliphatic heterocycles. The number of carbonyl (C=O) groups is 7. The average Bonchev–Trinajstić information content (AvgIpc) is 1.64. The quantitative estimate of drug-likeness (QED) is 0.0714. The number of non-ortho nitro benzene ring substituents is 3. The first-order valence-corrected chi connectivity index (χ1v) is 43.0. The standard InChI is InChI=1S/C17H13NO5.C16H8BrNO2.C16H9NO3.2C16H9NO2.2C15H9NO4/c1-10-6-13(22-2)16-14(7-10)23-15(17(16)19)9-11-4-3-5-12(8-11)18(20)21;17-12-5-6-14-13(8-12)16(19)15(20-14)7-10-1-3-11(9-18)4-2-10;17-9-11-3-1-10(2-4-11)7-15-16(19)13-6-5-12(18)8-14(13)20-15;17-10-12-5-3-4-11(8-12)9-15-16(18)13-6-1-2-7-14(13)19-15;17-10-12-7-5-11(6-8-12)9-15-16(18)13-3-1-2-4-14(13)19-15;17-15-12-6-1-2-7-13(12)20-14(15)9-10-4-3-5-11(8-10)16(18)19;17-15-12-3-1-2-4-13(12)20-14(15)9-10-5-7-11(8-6-10)16(18)19/h3-9H,1-2H3;1-8H;1-8,18H;2*1-9H;2*1-9H/b15-9-;2*15-7-;2*15-9-;2*14-9-. The molecule has 684 valence electrons. The minimum Gasteiger partial charge on any atom is -0.508 e. The third-order valence-electron chi connectivity index (χ3n) is 21.2. The zero-order valence-corrected chi connectivity index (χ0v) is 75.2. The molecule has 7 heterocycles. The largest absolute Gasteiger partial charge is 0.508 e. The van der Waals surface area contributed by atoms with Crippen molar-refractivity contribution in [2.75, 3.05) is 7.11 Å². The molecular weight excluding hydrogens is 1860 g/mol. The molecular formula is C111H66BrN7O22. The van der Waals surface area contributed by atoms with E-state index in [1.54, 1.807) is 261 Å². The zero-order valence-electron chi connectivity index (χ0n) is 73.6. The van der Waals surface area contributed by atoms with Crippen LogP contribution in [0.1, 0.15) is 139 Å². The predicted octanol–water partition coefficient (Wildman–Crippen LogP) is 23.1. The summed E-state index contributed by atoms with van der Waals surface area (Å²) in [6, 6.07) is 95.4. The summed E-state index contributed by atoms with van der Waals surface area (Å²) in [5.41, 5.74) is 11.6. The van der Waals surface area contributed by atoms with Crippen molar-refractivity contribution in [3.63, 3.8) is 0 Å². The van der Waals surface area contributed by atoms with Gasteiger partial charge in [0, 0.05) is 46.9 Å². The van der Waals surface area contributed by atoms with Crippen LogP contribution in [0.2, 0.25) is 0 Å². The van der Waals surface area contributed by atoms with E-state index < -0.39 is 14.8 Å². The number of hydrogen-bond acceptors (Lipinski definition) is 26. The van der Waals surface area contributed by atoms with E-state index in [4.69, 9.17) is 58.9 Å². The van der Waals surface area contributed by atoms with Crippen LogP contribution in [0, 0.1) is 82.6 Å². The number of carbonyl (C=O) groups excluding carboxylic acids is 7. The number of methoxy groups -OCH3 is 1. The molecule has 7 aliphatic rings. The van der Waals surface area contributed by atoms with Crippen LogP contribution in [0.25, 0.3) is 42.5 Å². The third kappa shape index (κ3) is 22.8. The second kappa shape index (κ2) is 43.2. The fourth-order valence-corrected chi connectivity index (χ4v) is 14.7. The van der Waals surface area contributed by atoms with Gasteiger partial charge in [0.1, 0.15) is 57.3 Å². The first-order valence-electron chi connectivity index (χ1n) is 42.2. The van der Waals surface area contributed by atoms with Gasteiger partial charge in [0.15, 0.2) is 40.3 Å². The Kier molecular flexibility index (Phi) is 29.2. The summed E-state index contributed by atoms with van der Waals surface area (Å²) in [5, 5.41) is 76.5. The highest BCUT2D eigenvalue weighted by Crippen LogP contribution is 2.42. The Bertz CT molecular complexity index is 7880. The Morgan fingerprint density at radius 2 is 0.603 bits per heavy atom. The number of nitrogens with zero attached hydrogens (tertiary/aromatic N) is 7. The van der Waals surface area contributed by atoms with Gasteiger partial charge < -0.3 is 43.0 Å². The molecule has 0 spiro atoms. The lowest BCUT2D eigenvalue weighted by Crippen LogP contribution is -2.00. The zero-order chi connectivity index (χ0) is 99.5. The van der Waals surface area contributed by atoms with Gasteiger partial charge in [0.2, 0.25) is 40.5 Å². The van der Waals surface area contributed by atoms with Gasteiger partial charge in [0.05, 0.1) is 102 Å². The lowest BCUT2D eigenvalue weighted by molar-refractivity contribution is -0.385. The summed E-state index contributed by atoms with van der Waals surface area (Å²) in [6.07, 6.45) is 11.2. The third-order valence-corrected chi connectivity index (χ3v) is 21.7. The van der Waals surface area contributed by atoms with Gasteiger partial charge in [-0.25, -0.2) is 0 Å². The van der Waals surface area contributed by atoms with Gasteiger partial charge in [-0.05, 0) is 246 Å². The molecule has 1 N–H and O–H groups in total. The van der Waals surface area contributed by atoms with Crippen molar-refractivity contribution in [1.29, 1.82) is 21.0 Å². The van der Waals surface area contributed by atoms with Gasteiger partial charge in [-0.15, -0.1) is 0 Å². The number of para-hydroxylation sites is 4. The number of Topliss-reactive ketones (excluding diaryl/α,β-unsaturated/α-hetero) is 7. The van der Waals surface area contributed by atoms with E-state index in [9.17, 15) is 69.0 Å². The summed E-state index contributed by atoms with van der Waals surface area (Å²) in [7, 11) is 1.49. The highest BCUT2D eigenvalue weighted by molar-refractivity contribution is 9.10. The second-order valence-electron chi connectivity index (χ2n) is 30.7. The number of nitro groups is 3. The van der Waals surface area contributed by atoms with E-state index in [2.05, 4.69) is 34.1 Å². The van der Waals surface area contributed by atoms with Crippen LogP contribution in [0.5, 0.6) is 51.7 Å². The van der Waals surface area contributed by atoms with Crippen molar-refractivity contribution >= 4 is 116 Å². The van der Waals surface area contributed by atoms with Gasteiger partial charge in [0.25, 0.3) is 17.1 Å². The van der Waals surface area contributed by atoms with Crippen molar-refractivity contribution in [3.8, 4) is 76.0 Å². The Hall–Kier alpha value is -20.2. The molecule has 21 rings (SSSR count). The summed E-state index contributed by atoms with van der Waals surface area (Å²) < 4.78 is 44.7. The molecule has 0 radical (unpaired) electrons. The number of aryl methyl sites for hydroxylation is 1. The fourth-order valence-electron chi connectivity index (χ4n) is 14.3. The normalized spacial score (nSPS) is 14.8. The van der Waals surface area contributed by atoms with Crippen LogP contribution >= 0.6 is 15.9 Å². The van der Waals surface area contributed by atoms with Crippen LogP contribution in [0.4, 0.5) is 17.1 Å². The van der Waals surface area contributed by atoms with E-state index in [0.717, 1.165) is 32.3 Å². The molecule has 0 amide bonds. The molecule has 30 heteroatoms. The number of hydrogen-bond donors (Lipinski definition) is 1. The van der Waals surface area contributed by atoms with E-state index in [1.165, 1.54) is 73.9 Å². The van der Waals surface area contributed by atoms with Crippen LogP contribution < -0.4 is 37.9 Å². The first kappa shape index (κ1) is 95.4. The molecule has 14 aromatic rings. The molecule has 0 atom stereocenters.